The lowest BCUT2D eigenvalue weighted by Gasteiger charge is -2.39. The molecule has 1 aliphatic rings. The topological polar surface area (TPSA) is 56.7 Å². The summed E-state index contributed by atoms with van der Waals surface area (Å²) in [5, 5.41) is 10.5. The summed E-state index contributed by atoms with van der Waals surface area (Å²) in [5.74, 6) is 0.203. The molecule has 3 rings (SSSR count). The van der Waals surface area contributed by atoms with Gasteiger partial charge < -0.3 is 10.0 Å². The number of hydrogen-bond donors (Lipinski definition) is 1. The summed E-state index contributed by atoms with van der Waals surface area (Å²) in [5.41, 5.74) is 2.04. The number of pyridine rings is 1. The van der Waals surface area contributed by atoms with E-state index in [9.17, 15) is 9.90 Å². The van der Waals surface area contributed by atoms with E-state index >= 15 is 0 Å². The van der Waals surface area contributed by atoms with Crippen LogP contribution in [-0.2, 0) is 11.2 Å². The third-order valence-electron chi connectivity index (χ3n) is 5.06. The minimum absolute atomic E-state index is 0.0400. The number of nitrogens with zero attached hydrogens (tertiary/aromatic N) is 3. The van der Waals surface area contributed by atoms with E-state index in [1.54, 1.807) is 6.20 Å². The quantitative estimate of drug-likeness (QED) is 0.793. The highest BCUT2D eigenvalue weighted by Crippen LogP contribution is 2.24. The molecule has 1 aliphatic heterocycles. The number of aromatic nitrogens is 1. The number of benzene rings is 1. The van der Waals surface area contributed by atoms with E-state index in [0.717, 1.165) is 37.2 Å². The number of carbonyl (C=O) groups is 1. The average Bonchev–Trinajstić information content (AvgIpc) is 2.70. The zero-order valence-corrected chi connectivity index (χ0v) is 16.2. The third kappa shape index (κ3) is 5.51. The van der Waals surface area contributed by atoms with Crippen LogP contribution in [0.5, 0.6) is 0 Å². The summed E-state index contributed by atoms with van der Waals surface area (Å²) in [6, 6.07) is 13.4. The Balaban J connectivity index is 1.46. The highest BCUT2D eigenvalue weighted by atomic mass is 35.5. The lowest BCUT2D eigenvalue weighted by atomic mass is 10.0. The van der Waals surface area contributed by atoms with Gasteiger partial charge in [0, 0.05) is 49.5 Å². The molecule has 0 saturated carbocycles. The van der Waals surface area contributed by atoms with Crippen LogP contribution in [0.15, 0.2) is 48.7 Å². The molecule has 1 aromatic carbocycles. The van der Waals surface area contributed by atoms with Crippen LogP contribution >= 0.6 is 11.6 Å². The molecule has 1 atom stereocenters. The van der Waals surface area contributed by atoms with Crippen molar-refractivity contribution in [3.05, 3.63) is 64.9 Å². The van der Waals surface area contributed by atoms with Gasteiger partial charge in [-0.3, -0.25) is 14.7 Å². The van der Waals surface area contributed by atoms with Gasteiger partial charge in [-0.1, -0.05) is 29.8 Å². The van der Waals surface area contributed by atoms with Crippen molar-refractivity contribution in [2.24, 2.45) is 0 Å². The largest absolute Gasteiger partial charge is 0.394 e. The monoisotopic (exact) mass is 387 g/mol. The standard InChI is InChI=1S/C21H26ClN3O2/c22-18-6-3-5-17(15-18)20(16-26)24-11-13-25(14-12-24)21(27)9-4-8-19-7-1-2-10-23-19/h1-3,5-7,10,15,20,26H,4,8-9,11-14,16H2. The highest BCUT2D eigenvalue weighted by molar-refractivity contribution is 6.30. The van der Waals surface area contributed by atoms with Gasteiger partial charge in [0.1, 0.15) is 0 Å². The van der Waals surface area contributed by atoms with Crippen LogP contribution in [-0.4, -0.2) is 58.6 Å². The van der Waals surface area contributed by atoms with Crippen molar-refractivity contribution in [1.82, 2.24) is 14.8 Å². The molecule has 1 fully saturated rings. The maximum Gasteiger partial charge on any atom is 0.222 e. The molecule has 2 heterocycles. The molecule has 0 radical (unpaired) electrons. The van der Waals surface area contributed by atoms with Crippen LogP contribution in [0.1, 0.15) is 30.1 Å². The van der Waals surface area contributed by atoms with Crippen LogP contribution in [0.2, 0.25) is 5.02 Å². The molecule has 1 N–H and O–H groups in total. The van der Waals surface area contributed by atoms with Crippen molar-refractivity contribution in [3.63, 3.8) is 0 Å². The maximum atomic E-state index is 12.5. The minimum Gasteiger partial charge on any atom is -0.394 e. The molecular formula is C21H26ClN3O2. The molecule has 5 nitrogen and oxygen atoms in total. The Kier molecular flexibility index (Phi) is 7.21. The first-order chi connectivity index (χ1) is 13.2. The number of halogens is 1. The Labute approximate surface area is 165 Å². The normalized spacial score (nSPS) is 16.3. The van der Waals surface area contributed by atoms with Gasteiger partial charge in [0.15, 0.2) is 0 Å². The maximum absolute atomic E-state index is 12.5. The predicted molar refractivity (Wildman–Crippen MR) is 107 cm³/mol. The van der Waals surface area contributed by atoms with Crippen LogP contribution in [0, 0.1) is 0 Å². The zero-order chi connectivity index (χ0) is 19.1. The Morgan fingerprint density at radius 2 is 1.96 bits per heavy atom. The van der Waals surface area contributed by atoms with Crippen LogP contribution in [0.4, 0.5) is 0 Å². The fraction of sp³-hybridized carbons (Fsp3) is 0.429. The van der Waals surface area contributed by atoms with Crippen LogP contribution in [0.25, 0.3) is 0 Å². The molecule has 27 heavy (non-hydrogen) atoms. The van der Waals surface area contributed by atoms with Crippen molar-refractivity contribution in [2.75, 3.05) is 32.8 Å². The molecule has 6 heteroatoms. The molecule has 1 unspecified atom stereocenters. The number of aliphatic hydroxyl groups is 1. The fourth-order valence-corrected chi connectivity index (χ4v) is 3.75. The highest BCUT2D eigenvalue weighted by Gasteiger charge is 2.26. The van der Waals surface area contributed by atoms with Gasteiger partial charge >= 0.3 is 0 Å². The Morgan fingerprint density at radius 1 is 1.15 bits per heavy atom. The molecule has 1 saturated heterocycles. The second-order valence-electron chi connectivity index (χ2n) is 6.84. The molecule has 0 aliphatic carbocycles. The van der Waals surface area contributed by atoms with Crippen LogP contribution in [0.3, 0.4) is 0 Å². The molecule has 2 aromatic rings. The van der Waals surface area contributed by atoms with Crippen molar-refractivity contribution in [2.45, 2.75) is 25.3 Å². The van der Waals surface area contributed by atoms with E-state index < -0.39 is 0 Å². The van der Waals surface area contributed by atoms with Crippen molar-refractivity contribution >= 4 is 17.5 Å². The van der Waals surface area contributed by atoms with E-state index in [1.165, 1.54) is 0 Å². The van der Waals surface area contributed by atoms with E-state index in [4.69, 9.17) is 11.6 Å². The number of piperazine rings is 1. The van der Waals surface area contributed by atoms with E-state index in [0.29, 0.717) is 24.5 Å². The Morgan fingerprint density at radius 3 is 2.63 bits per heavy atom. The number of carbonyl (C=O) groups excluding carboxylic acids is 1. The molecule has 0 spiro atoms. The molecule has 1 aromatic heterocycles. The van der Waals surface area contributed by atoms with Crippen molar-refractivity contribution in [1.29, 1.82) is 0 Å². The lowest BCUT2D eigenvalue weighted by Crippen LogP contribution is -2.50. The molecule has 1 amide bonds. The average molecular weight is 388 g/mol. The Bertz CT molecular complexity index is 733. The fourth-order valence-electron chi connectivity index (χ4n) is 3.55. The van der Waals surface area contributed by atoms with Gasteiger partial charge in [-0.05, 0) is 42.7 Å². The van der Waals surface area contributed by atoms with Gasteiger partial charge in [-0.25, -0.2) is 0 Å². The van der Waals surface area contributed by atoms with E-state index in [1.807, 2.05) is 47.4 Å². The van der Waals surface area contributed by atoms with E-state index in [2.05, 4.69) is 9.88 Å². The molecular weight excluding hydrogens is 362 g/mol. The summed E-state index contributed by atoms with van der Waals surface area (Å²) in [4.78, 5) is 20.9. The van der Waals surface area contributed by atoms with E-state index in [-0.39, 0.29) is 18.6 Å². The second kappa shape index (κ2) is 9.83. The van der Waals surface area contributed by atoms with Crippen LogP contribution < -0.4 is 0 Å². The second-order valence-corrected chi connectivity index (χ2v) is 7.28. The number of aryl methyl sites for hydroxylation is 1. The number of rotatable bonds is 7. The number of hydrogen-bond acceptors (Lipinski definition) is 4. The minimum atomic E-state index is -0.0786. The SMILES string of the molecule is O=C(CCCc1ccccn1)N1CCN(C(CO)c2cccc(Cl)c2)CC1. The van der Waals surface area contributed by atoms with Gasteiger partial charge in [0.2, 0.25) is 5.91 Å². The summed E-state index contributed by atoms with van der Waals surface area (Å²) < 4.78 is 0. The van der Waals surface area contributed by atoms with Gasteiger partial charge in [0.25, 0.3) is 0 Å². The zero-order valence-electron chi connectivity index (χ0n) is 15.4. The molecule has 0 bridgehead atoms. The summed E-state index contributed by atoms with van der Waals surface area (Å²) in [6.45, 7) is 2.94. The first kappa shape index (κ1) is 19.8. The van der Waals surface area contributed by atoms with Crippen molar-refractivity contribution < 1.29 is 9.90 Å². The predicted octanol–water partition coefficient (Wildman–Crippen LogP) is 2.94. The van der Waals surface area contributed by atoms with Crippen molar-refractivity contribution in [3.8, 4) is 0 Å². The smallest absolute Gasteiger partial charge is 0.222 e. The lowest BCUT2D eigenvalue weighted by molar-refractivity contribution is -0.133. The van der Waals surface area contributed by atoms with Gasteiger partial charge in [-0.15, -0.1) is 0 Å². The first-order valence-electron chi connectivity index (χ1n) is 9.45. The summed E-state index contributed by atoms with van der Waals surface area (Å²) in [7, 11) is 0. The van der Waals surface area contributed by atoms with Gasteiger partial charge in [-0.2, -0.15) is 0 Å². The molecule has 144 valence electrons. The van der Waals surface area contributed by atoms with Gasteiger partial charge in [0.05, 0.1) is 12.6 Å². The third-order valence-corrected chi connectivity index (χ3v) is 5.30. The summed E-state index contributed by atoms with van der Waals surface area (Å²) >= 11 is 6.08. The first-order valence-corrected chi connectivity index (χ1v) is 9.83. The summed E-state index contributed by atoms with van der Waals surface area (Å²) in [6.07, 6.45) is 3.98. The number of aliphatic hydroxyl groups excluding tert-OH is 1. The Hall–Kier alpha value is -1.95. The number of amides is 1.